The fourth-order valence-corrected chi connectivity index (χ4v) is 3.51. The van der Waals surface area contributed by atoms with E-state index >= 15 is 0 Å². The number of halogens is 15. The number of nitrogens with two attached hydrogens (primary N) is 1. The normalized spacial score (nSPS) is 14.7. The van der Waals surface area contributed by atoms with Gasteiger partial charge in [-0.1, -0.05) is 12.1 Å². The first-order valence-electron chi connectivity index (χ1n) is 10.9. The van der Waals surface area contributed by atoms with Gasteiger partial charge < -0.3 is 15.4 Å². The number of carbonyl (C=O) groups excluding carboxylic acids is 1. The van der Waals surface area contributed by atoms with Crippen LogP contribution in [-0.2, 0) is 16.0 Å². The summed E-state index contributed by atoms with van der Waals surface area (Å²) in [6.07, 6.45) is -10.5. The Hall–Kier alpha value is -1.88. The molecule has 0 saturated heterocycles. The van der Waals surface area contributed by atoms with Gasteiger partial charge in [-0.25, -0.2) is 0 Å². The number of anilines is 1. The Kier molecular flexibility index (Phi) is 11.7. The third-order valence-electron chi connectivity index (χ3n) is 5.43. The van der Waals surface area contributed by atoms with Gasteiger partial charge in [-0.15, -0.1) is 23.2 Å². The number of benzene rings is 1. The summed E-state index contributed by atoms with van der Waals surface area (Å²) >= 11 is 11.4. The van der Waals surface area contributed by atoms with Gasteiger partial charge in [0.25, 0.3) is 0 Å². The van der Waals surface area contributed by atoms with Gasteiger partial charge in [0.1, 0.15) is 6.04 Å². The lowest BCUT2D eigenvalue weighted by molar-refractivity contribution is -0.440. The van der Waals surface area contributed by atoms with E-state index in [0.29, 0.717) is 24.3 Å². The van der Waals surface area contributed by atoms with Crippen LogP contribution >= 0.6 is 23.2 Å². The maximum atomic E-state index is 13.8. The van der Waals surface area contributed by atoms with E-state index in [0.717, 1.165) is 0 Å². The lowest BCUT2D eigenvalue weighted by Crippen LogP contribution is -2.70. The van der Waals surface area contributed by atoms with Crippen LogP contribution in [0.25, 0.3) is 0 Å². The Bertz CT molecular complexity index is 970. The van der Waals surface area contributed by atoms with Gasteiger partial charge in [0.05, 0.1) is 13.0 Å². The van der Waals surface area contributed by atoms with Crippen LogP contribution in [0, 0.1) is 0 Å². The fourth-order valence-electron chi connectivity index (χ4n) is 3.10. The minimum Gasteiger partial charge on any atom is -0.464 e. The van der Waals surface area contributed by atoms with Crippen LogP contribution in [-0.4, -0.2) is 79.3 Å². The van der Waals surface area contributed by atoms with E-state index in [9.17, 15) is 61.9 Å². The van der Waals surface area contributed by atoms with Crippen LogP contribution in [0.15, 0.2) is 24.3 Å². The molecule has 1 aromatic carbocycles. The molecule has 0 unspecified atom stereocenters. The number of ether oxygens (including phenoxy) is 1. The Labute approximate surface area is 228 Å². The predicted octanol–water partition coefficient (Wildman–Crippen LogP) is 6.51. The van der Waals surface area contributed by atoms with Crippen LogP contribution in [0.2, 0.25) is 0 Å². The lowest BCUT2D eigenvalue weighted by Gasteiger charge is -2.39. The molecule has 0 aliphatic heterocycles. The molecular formula is C21H21Cl2F13N2O2. The van der Waals surface area contributed by atoms with Gasteiger partial charge in [0, 0.05) is 30.5 Å². The van der Waals surface area contributed by atoms with Crippen molar-refractivity contribution in [2.75, 3.05) is 36.4 Å². The highest BCUT2D eigenvalue weighted by molar-refractivity contribution is 6.18. The molecule has 0 spiro atoms. The van der Waals surface area contributed by atoms with Crippen molar-refractivity contribution in [2.45, 2.75) is 54.7 Å². The molecule has 0 aromatic heterocycles. The lowest BCUT2D eigenvalue weighted by atomic mass is 9.93. The minimum atomic E-state index is -8.00. The standard InChI is InChI=1S/C21H21Cl2F13N2O2/c22-6-8-38(9-7-23)13-3-1-12(2-4-13)11-14(37)15(39)40-10-5-16(24,25)17(26,27)18(28,29)19(30,31)20(32,33)21(34,35)36/h1-4,14H,5-11,37H2/t14-/m0/s1. The molecule has 4 nitrogen and oxygen atoms in total. The molecule has 0 bridgehead atoms. The van der Waals surface area contributed by atoms with E-state index in [4.69, 9.17) is 28.9 Å². The average molecular weight is 651 g/mol. The highest BCUT2D eigenvalue weighted by Gasteiger charge is 2.90. The number of esters is 1. The summed E-state index contributed by atoms with van der Waals surface area (Å²) in [6, 6.07) is 4.54. The van der Waals surface area contributed by atoms with Crippen LogP contribution < -0.4 is 10.6 Å². The molecule has 232 valence electrons. The van der Waals surface area contributed by atoms with Crippen LogP contribution in [0.5, 0.6) is 0 Å². The SMILES string of the molecule is N[C@@H](Cc1ccc(N(CCCl)CCCl)cc1)C(=O)OCCC(F)(F)C(F)(F)C(F)(F)C(F)(F)C(F)(F)C(F)(F)F. The molecule has 0 fully saturated rings. The zero-order valence-corrected chi connectivity index (χ0v) is 21.4. The van der Waals surface area contributed by atoms with E-state index < -0.39 is 60.8 Å². The van der Waals surface area contributed by atoms with Crippen LogP contribution in [0.4, 0.5) is 62.8 Å². The van der Waals surface area contributed by atoms with Crippen molar-refractivity contribution in [2.24, 2.45) is 5.73 Å². The molecule has 1 aromatic rings. The van der Waals surface area contributed by atoms with Crippen molar-refractivity contribution in [1.82, 2.24) is 0 Å². The summed E-state index contributed by atoms with van der Waals surface area (Å²) < 4.78 is 175. The molecule has 19 heteroatoms. The Morgan fingerprint density at radius 3 is 1.65 bits per heavy atom. The molecule has 0 saturated carbocycles. The molecule has 40 heavy (non-hydrogen) atoms. The van der Waals surface area contributed by atoms with Crippen molar-refractivity contribution in [1.29, 1.82) is 0 Å². The molecule has 0 aliphatic rings. The molecule has 2 N–H and O–H groups in total. The van der Waals surface area contributed by atoms with E-state index in [1.54, 1.807) is 12.1 Å². The van der Waals surface area contributed by atoms with Crippen LogP contribution in [0.1, 0.15) is 12.0 Å². The molecule has 1 atom stereocenters. The molecule has 0 heterocycles. The molecular weight excluding hydrogens is 630 g/mol. The zero-order valence-electron chi connectivity index (χ0n) is 19.8. The van der Waals surface area contributed by atoms with Crippen molar-refractivity contribution in [3.63, 3.8) is 0 Å². The number of hydrogen-bond donors (Lipinski definition) is 1. The van der Waals surface area contributed by atoms with E-state index in [-0.39, 0.29) is 18.2 Å². The summed E-state index contributed by atoms with van der Waals surface area (Å²) in [6.45, 7) is -0.980. The Morgan fingerprint density at radius 1 is 0.775 bits per heavy atom. The summed E-state index contributed by atoms with van der Waals surface area (Å²) in [5.41, 5.74) is 6.59. The summed E-state index contributed by atoms with van der Waals surface area (Å²) in [5, 5.41) is 0. The van der Waals surface area contributed by atoms with Crippen molar-refractivity contribution < 1.29 is 66.6 Å². The second-order valence-corrected chi connectivity index (χ2v) is 9.02. The summed E-state index contributed by atoms with van der Waals surface area (Å²) in [7, 11) is 0. The van der Waals surface area contributed by atoms with Crippen LogP contribution in [0.3, 0.4) is 0 Å². The molecule has 1 rings (SSSR count). The second-order valence-electron chi connectivity index (χ2n) is 8.26. The van der Waals surface area contributed by atoms with E-state index in [2.05, 4.69) is 4.74 Å². The van der Waals surface area contributed by atoms with Gasteiger partial charge in [-0.05, 0) is 24.1 Å². The average Bonchev–Trinajstić information content (AvgIpc) is 2.83. The predicted molar refractivity (Wildman–Crippen MR) is 118 cm³/mol. The van der Waals surface area contributed by atoms with Gasteiger partial charge in [0.2, 0.25) is 0 Å². The number of alkyl halides is 15. The van der Waals surface area contributed by atoms with Crippen molar-refractivity contribution >= 4 is 34.9 Å². The molecule has 0 amide bonds. The monoisotopic (exact) mass is 650 g/mol. The number of carbonyl (C=O) groups is 1. The minimum absolute atomic E-state index is 0.278. The summed E-state index contributed by atoms with van der Waals surface area (Å²) in [4.78, 5) is 13.7. The largest absolute Gasteiger partial charge is 0.464 e. The highest BCUT2D eigenvalue weighted by atomic mass is 35.5. The fraction of sp³-hybridized carbons (Fsp3) is 0.667. The third-order valence-corrected chi connectivity index (χ3v) is 5.77. The first-order chi connectivity index (χ1) is 18.0. The van der Waals surface area contributed by atoms with E-state index in [1.807, 2.05) is 4.90 Å². The third kappa shape index (κ3) is 7.30. The molecule has 0 aliphatic carbocycles. The number of nitrogens with zero attached hydrogens (tertiary/aromatic N) is 1. The first-order valence-corrected chi connectivity index (χ1v) is 11.9. The quantitative estimate of drug-likeness (QED) is 0.134. The number of rotatable bonds is 15. The van der Waals surface area contributed by atoms with E-state index in [1.165, 1.54) is 12.1 Å². The highest BCUT2D eigenvalue weighted by Crippen LogP contribution is 2.60. The van der Waals surface area contributed by atoms with Gasteiger partial charge in [0.15, 0.2) is 0 Å². The van der Waals surface area contributed by atoms with Gasteiger partial charge >= 0.3 is 41.8 Å². The van der Waals surface area contributed by atoms with Crippen molar-refractivity contribution in [3.05, 3.63) is 29.8 Å². The Balaban J connectivity index is 2.88. The smallest absolute Gasteiger partial charge is 0.460 e. The first kappa shape index (κ1) is 36.1. The van der Waals surface area contributed by atoms with Gasteiger partial charge in [-0.3, -0.25) is 4.79 Å². The zero-order chi connectivity index (χ0) is 31.4. The Morgan fingerprint density at radius 2 is 1.23 bits per heavy atom. The van der Waals surface area contributed by atoms with Crippen molar-refractivity contribution in [3.8, 4) is 0 Å². The maximum Gasteiger partial charge on any atom is 0.460 e. The maximum absolute atomic E-state index is 13.8. The van der Waals surface area contributed by atoms with Gasteiger partial charge in [-0.2, -0.15) is 57.1 Å². The summed E-state index contributed by atoms with van der Waals surface area (Å²) in [5.74, 6) is -38.5. The number of hydrogen-bond acceptors (Lipinski definition) is 4. The topological polar surface area (TPSA) is 55.6 Å². The molecule has 0 radical (unpaired) electrons. The second kappa shape index (κ2) is 13.0.